The van der Waals surface area contributed by atoms with Crippen LogP contribution in [0.25, 0.3) is 0 Å². The molecule has 0 unspecified atom stereocenters. The molecule has 0 saturated heterocycles. The Balaban J connectivity index is 2.36. The Kier molecular flexibility index (Phi) is 1.70. The fourth-order valence-electron chi connectivity index (χ4n) is 1.52. The van der Waals surface area contributed by atoms with Crippen LogP contribution in [-0.2, 0) is 5.54 Å². The fourth-order valence-corrected chi connectivity index (χ4v) is 1.52. The first-order valence-electron chi connectivity index (χ1n) is 4.52. The third kappa shape index (κ3) is 1.35. The van der Waals surface area contributed by atoms with Crippen LogP contribution in [-0.4, -0.2) is 7.05 Å². The van der Waals surface area contributed by atoms with Crippen LogP contribution >= 0.6 is 0 Å². The fraction of sp³-hybridized carbons (Fsp3) is 0.400. The Morgan fingerprint density at radius 3 is 2.54 bits per heavy atom. The molecule has 2 rings (SSSR count). The van der Waals surface area contributed by atoms with Gasteiger partial charge in [-0.2, -0.15) is 0 Å². The maximum absolute atomic E-state index is 6.05. The van der Waals surface area contributed by atoms with Gasteiger partial charge in [0.05, 0.1) is 11.4 Å². The Labute approximate surface area is 78.1 Å². The minimum absolute atomic E-state index is 0.0829. The molecule has 0 spiro atoms. The zero-order valence-corrected chi connectivity index (χ0v) is 7.80. The molecule has 0 bridgehead atoms. The monoisotopic (exact) mass is 177 g/mol. The van der Waals surface area contributed by atoms with Crippen LogP contribution in [0.4, 0.5) is 11.4 Å². The first-order chi connectivity index (χ1) is 6.15. The summed E-state index contributed by atoms with van der Waals surface area (Å²) in [4.78, 5) is 0. The van der Waals surface area contributed by atoms with Crippen molar-refractivity contribution < 1.29 is 0 Å². The summed E-state index contributed by atoms with van der Waals surface area (Å²) in [6.45, 7) is 0. The summed E-state index contributed by atoms with van der Waals surface area (Å²) in [5, 5.41) is 3.03. The van der Waals surface area contributed by atoms with Gasteiger partial charge in [0.1, 0.15) is 0 Å². The summed E-state index contributed by atoms with van der Waals surface area (Å²) in [7, 11) is 1.86. The number of hydrogen-bond acceptors (Lipinski definition) is 3. The number of rotatable bonds is 2. The lowest BCUT2D eigenvalue weighted by Gasteiger charge is -2.12. The van der Waals surface area contributed by atoms with Crippen LogP contribution in [0.1, 0.15) is 18.4 Å². The average molecular weight is 177 g/mol. The van der Waals surface area contributed by atoms with E-state index in [0.29, 0.717) is 0 Å². The normalized spacial score (nSPS) is 18.3. The Hall–Kier alpha value is -1.22. The van der Waals surface area contributed by atoms with Gasteiger partial charge in [-0.3, -0.25) is 0 Å². The van der Waals surface area contributed by atoms with E-state index >= 15 is 0 Å². The minimum atomic E-state index is -0.0829. The zero-order valence-electron chi connectivity index (χ0n) is 7.80. The van der Waals surface area contributed by atoms with Crippen molar-refractivity contribution in [2.45, 2.75) is 18.4 Å². The quantitative estimate of drug-likeness (QED) is 0.596. The summed E-state index contributed by atoms with van der Waals surface area (Å²) in [5.74, 6) is 0. The topological polar surface area (TPSA) is 64.1 Å². The van der Waals surface area contributed by atoms with Gasteiger partial charge in [0, 0.05) is 12.6 Å². The second-order valence-corrected chi connectivity index (χ2v) is 3.71. The van der Waals surface area contributed by atoms with Gasteiger partial charge in [-0.15, -0.1) is 0 Å². The van der Waals surface area contributed by atoms with Crippen LogP contribution in [0, 0.1) is 0 Å². The molecule has 0 amide bonds. The smallest absolute Gasteiger partial charge is 0.0571 e. The highest BCUT2D eigenvalue weighted by molar-refractivity contribution is 5.67. The van der Waals surface area contributed by atoms with Gasteiger partial charge in [0.15, 0.2) is 0 Å². The predicted molar refractivity (Wildman–Crippen MR) is 55.5 cm³/mol. The van der Waals surface area contributed by atoms with Gasteiger partial charge >= 0.3 is 0 Å². The van der Waals surface area contributed by atoms with E-state index in [1.54, 1.807) is 0 Å². The lowest BCUT2D eigenvalue weighted by Crippen LogP contribution is -2.18. The maximum atomic E-state index is 6.05. The number of nitrogens with one attached hydrogen (secondary N) is 1. The van der Waals surface area contributed by atoms with E-state index < -0.39 is 0 Å². The lowest BCUT2D eigenvalue weighted by atomic mass is 10.0. The van der Waals surface area contributed by atoms with E-state index in [2.05, 4.69) is 11.4 Å². The van der Waals surface area contributed by atoms with Gasteiger partial charge in [0.2, 0.25) is 0 Å². The molecule has 0 aliphatic heterocycles. The van der Waals surface area contributed by atoms with Crippen LogP contribution in [0.3, 0.4) is 0 Å². The molecule has 1 aromatic carbocycles. The number of hydrogen-bond donors (Lipinski definition) is 3. The Morgan fingerprint density at radius 1 is 1.38 bits per heavy atom. The van der Waals surface area contributed by atoms with Crippen molar-refractivity contribution in [1.29, 1.82) is 0 Å². The third-order valence-corrected chi connectivity index (χ3v) is 2.68. The van der Waals surface area contributed by atoms with Crippen molar-refractivity contribution in [3.05, 3.63) is 23.8 Å². The SMILES string of the molecule is CNc1ccc(C2(N)CC2)cc1N. The van der Waals surface area contributed by atoms with Crippen molar-refractivity contribution in [1.82, 2.24) is 0 Å². The number of benzene rings is 1. The van der Waals surface area contributed by atoms with Crippen molar-refractivity contribution in [2.75, 3.05) is 18.1 Å². The third-order valence-electron chi connectivity index (χ3n) is 2.68. The summed E-state index contributed by atoms with van der Waals surface area (Å²) in [6.07, 6.45) is 2.15. The largest absolute Gasteiger partial charge is 0.397 e. The van der Waals surface area contributed by atoms with E-state index in [9.17, 15) is 0 Å². The highest BCUT2D eigenvalue weighted by Crippen LogP contribution is 2.43. The molecule has 0 atom stereocenters. The second-order valence-electron chi connectivity index (χ2n) is 3.71. The van der Waals surface area contributed by atoms with E-state index in [-0.39, 0.29) is 5.54 Å². The first-order valence-corrected chi connectivity index (χ1v) is 4.52. The molecule has 1 saturated carbocycles. The van der Waals surface area contributed by atoms with E-state index in [1.165, 1.54) is 0 Å². The second kappa shape index (κ2) is 2.64. The molecule has 3 heteroatoms. The molecule has 1 fully saturated rings. The molecule has 1 aliphatic rings. The number of nitrogens with two attached hydrogens (primary N) is 2. The van der Waals surface area contributed by atoms with E-state index in [1.807, 2.05) is 19.2 Å². The molecular formula is C10H15N3. The summed E-state index contributed by atoms with van der Waals surface area (Å²) >= 11 is 0. The van der Waals surface area contributed by atoms with E-state index in [0.717, 1.165) is 29.8 Å². The summed E-state index contributed by atoms with van der Waals surface area (Å²) in [6, 6.07) is 6.01. The van der Waals surface area contributed by atoms with Gasteiger partial charge in [0.25, 0.3) is 0 Å². The van der Waals surface area contributed by atoms with Crippen LogP contribution in [0.5, 0.6) is 0 Å². The molecule has 0 aromatic heterocycles. The van der Waals surface area contributed by atoms with Crippen molar-refractivity contribution in [3.8, 4) is 0 Å². The molecule has 13 heavy (non-hydrogen) atoms. The molecule has 5 N–H and O–H groups in total. The number of nitrogen functional groups attached to an aromatic ring is 1. The standard InChI is InChI=1S/C10H15N3/c1-13-9-3-2-7(6-8(9)11)10(12)4-5-10/h2-3,6,13H,4-5,11-12H2,1H3. The molecule has 1 aliphatic carbocycles. The van der Waals surface area contributed by atoms with Crippen LogP contribution in [0.2, 0.25) is 0 Å². The highest BCUT2D eigenvalue weighted by atomic mass is 14.9. The van der Waals surface area contributed by atoms with Gasteiger partial charge in [-0.1, -0.05) is 6.07 Å². The zero-order chi connectivity index (χ0) is 9.47. The van der Waals surface area contributed by atoms with Crippen molar-refractivity contribution >= 4 is 11.4 Å². The molecule has 1 aromatic rings. The van der Waals surface area contributed by atoms with Crippen molar-refractivity contribution in [3.63, 3.8) is 0 Å². The summed E-state index contributed by atoms with van der Waals surface area (Å²) < 4.78 is 0. The molecule has 0 radical (unpaired) electrons. The predicted octanol–water partition coefficient (Wildman–Crippen LogP) is 1.26. The van der Waals surface area contributed by atoms with Crippen LogP contribution < -0.4 is 16.8 Å². The Morgan fingerprint density at radius 2 is 2.08 bits per heavy atom. The molecular weight excluding hydrogens is 162 g/mol. The molecule has 70 valence electrons. The first kappa shape index (κ1) is 8.38. The number of anilines is 2. The van der Waals surface area contributed by atoms with Gasteiger partial charge in [-0.05, 0) is 30.5 Å². The molecule has 0 heterocycles. The lowest BCUT2D eigenvalue weighted by molar-refractivity contribution is 0.741. The van der Waals surface area contributed by atoms with Gasteiger partial charge < -0.3 is 16.8 Å². The van der Waals surface area contributed by atoms with Gasteiger partial charge in [-0.25, -0.2) is 0 Å². The van der Waals surface area contributed by atoms with E-state index in [4.69, 9.17) is 11.5 Å². The summed E-state index contributed by atoms with van der Waals surface area (Å²) in [5.41, 5.74) is 14.7. The molecule has 3 nitrogen and oxygen atoms in total. The van der Waals surface area contributed by atoms with Crippen molar-refractivity contribution in [2.24, 2.45) is 5.73 Å². The van der Waals surface area contributed by atoms with Crippen LogP contribution in [0.15, 0.2) is 18.2 Å². The minimum Gasteiger partial charge on any atom is -0.397 e. The maximum Gasteiger partial charge on any atom is 0.0571 e. The Bertz CT molecular complexity index is 329. The highest BCUT2D eigenvalue weighted by Gasteiger charge is 2.39. The average Bonchev–Trinajstić information content (AvgIpc) is 2.85.